The summed E-state index contributed by atoms with van der Waals surface area (Å²) in [4.78, 5) is 25.6. The predicted molar refractivity (Wildman–Crippen MR) is 67.9 cm³/mol. The van der Waals surface area contributed by atoms with Gasteiger partial charge in [-0.25, -0.2) is 0 Å². The molecule has 0 fully saturated rings. The van der Waals surface area contributed by atoms with Crippen molar-refractivity contribution in [2.24, 2.45) is 0 Å². The monoisotopic (exact) mass is 233 g/mol. The molecule has 0 radical (unpaired) electrons. The second-order valence-corrected chi connectivity index (χ2v) is 4.29. The van der Waals surface area contributed by atoms with Crippen molar-refractivity contribution in [3.8, 4) is 0 Å². The van der Waals surface area contributed by atoms with E-state index >= 15 is 0 Å². The van der Waals surface area contributed by atoms with E-state index < -0.39 is 11.7 Å². The normalized spacial score (nSPS) is 10.4. The van der Waals surface area contributed by atoms with Crippen LogP contribution in [0.1, 0.15) is 37.6 Å². The standard InChI is InChI=1S/C14H19NO2/c1-4-10-15(11(2)3)14(17)13(16)12-8-6-5-7-9-12/h5-9,11H,4,10H2,1-3H3. The van der Waals surface area contributed by atoms with E-state index in [1.54, 1.807) is 29.2 Å². The summed E-state index contributed by atoms with van der Waals surface area (Å²) in [7, 11) is 0. The molecule has 0 spiro atoms. The molecule has 3 nitrogen and oxygen atoms in total. The molecule has 0 aliphatic heterocycles. The summed E-state index contributed by atoms with van der Waals surface area (Å²) in [5.41, 5.74) is 0.458. The first-order valence-corrected chi connectivity index (χ1v) is 5.98. The van der Waals surface area contributed by atoms with E-state index in [4.69, 9.17) is 0 Å². The minimum Gasteiger partial charge on any atom is -0.333 e. The molecule has 0 heterocycles. The number of carbonyl (C=O) groups excluding carboxylic acids is 2. The minimum atomic E-state index is -0.423. The number of amides is 1. The highest BCUT2D eigenvalue weighted by atomic mass is 16.2. The first-order chi connectivity index (χ1) is 8.07. The molecular formula is C14H19NO2. The molecule has 92 valence electrons. The van der Waals surface area contributed by atoms with Gasteiger partial charge >= 0.3 is 0 Å². The predicted octanol–water partition coefficient (Wildman–Crippen LogP) is 2.52. The van der Waals surface area contributed by atoms with Crippen molar-refractivity contribution >= 4 is 11.7 Å². The van der Waals surface area contributed by atoms with E-state index in [1.165, 1.54) is 0 Å². The Bertz CT molecular complexity index is 384. The lowest BCUT2D eigenvalue weighted by Gasteiger charge is -2.25. The average Bonchev–Trinajstić information content (AvgIpc) is 2.35. The molecule has 0 aromatic heterocycles. The van der Waals surface area contributed by atoms with Crippen LogP contribution in [0.5, 0.6) is 0 Å². The van der Waals surface area contributed by atoms with Crippen LogP contribution in [0.4, 0.5) is 0 Å². The van der Waals surface area contributed by atoms with Crippen molar-refractivity contribution in [2.75, 3.05) is 6.54 Å². The van der Waals surface area contributed by atoms with E-state index in [0.717, 1.165) is 6.42 Å². The summed E-state index contributed by atoms with van der Waals surface area (Å²) in [6.07, 6.45) is 0.853. The van der Waals surface area contributed by atoms with Crippen LogP contribution in [0.3, 0.4) is 0 Å². The molecular weight excluding hydrogens is 214 g/mol. The smallest absolute Gasteiger partial charge is 0.295 e. The van der Waals surface area contributed by atoms with Crippen molar-refractivity contribution in [1.29, 1.82) is 0 Å². The zero-order chi connectivity index (χ0) is 12.8. The fourth-order valence-corrected chi connectivity index (χ4v) is 1.68. The number of nitrogens with zero attached hydrogens (tertiary/aromatic N) is 1. The molecule has 17 heavy (non-hydrogen) atoms. The van der Waals surface area contributed by atoms with Crippen molar-refractivity contribution in [2.45, 2.75) is 33.2 Å². The van der Waals surface area contributed by atoms with Crippen LogP contribution in [0, 0.1) is 0 Å². The van der Waals surface area contributed by atoms with Gasteiger partial charge in [0.25, 0.3) is 5.91 Å². The van der Waals surface area contributed by atoms with E-state index in [9.17, 15) is 9.59 Å². The fourth-order valence-electron chi connectivity index (χ4n) is 1.68. The number of benzene rings is 1. The van der Waals surface area contributed by atoms with Gasteiger partial charge in [0.2, 0.25) is 5.78 Å². The highest BCUT2D eigenvalue weighted by Gasteiger charge is 2.24. The summed E-state index contributed by atoms with van der Waals surface area (Å²) in [6.45, 7) is 6.46. The first kappa shape index (κ1) is 13.4. The quantitative estimate of drug-likeness (QED) is 0.579. The van der Waals surface area contributed by atoms with Gasteiger partial charge in [-0.1, -0.05) is 37.3 Å². The fraction of sp³-hybridized carbons (Fsp3) is 0.429. The highest BCUT2D eigenvalue weighted by molar-refractivity contribution is 6.42. The van der Waals surface area contributed by atoms with Gasteiger partial charge in [0, 0.05) is 18.2 Å². The molecule has 0 bridgehead atoms. The van der Waals surface area contributed by atoms with Crippen LogP contribution in [0.2, 0.25) is 0 Å². The van der Waals surface area contributed by atoms with Gasteiger partial charge in [-0.3, -0.25) is 9.59 Å². The molecule has 0 saturated carbocycles. The topological polar surface area (TPSA) is 37.4 Å². The van der Waals surface area contributed by atoms with Crippen LogP contribution >= 0.6 is 0 Å². The minimum absolute atomic E-state index is 0.0510. The third-order valence-electron chi connectivity index (χ3n) is 2.58. The summed E-state index contributed by atoms with van der Waals surface area (Å²) in [6, 6.07) is 8.75. The summed E-state index contributed by atoms with van der Waals surface area (Å²) in [5, 5.41) is 0. The number of ketones is 1. The van der Waals surface area contributed by atoms with Crippen LogP contribution in [-0.4, -0.2) is 29.2 Å². The Hall–Kier alpha value is -1.64. The number of rotatable bonds is 5. The van der Waals surface area contributed by atoms with Crippen molar-refractivity contribution in [3.05, 3.63) is 35.9 Å². The van der Waals surface area contributed by atoms with Crippen molar-refractivity contribution < 1.29 is 9.59 Å². The molecule has 0 aliphatic rings. The van der Waals surface area contributed by atoms with Crippen molar-refractivity contribution in [3.63, 3.8) is 0 Å². The Kier molecular flexibility index (Phi) is 4.88. The summed E-state index contributed by atoms with van der Waals surface area (Å²) >= 11 is 0. The summed E-state index contributed by atoms with van der Waals surface area (Å²) in [5.74, 6) is -0.833. The SMILES string of the molecule is CCCN(C(=O)C(=O)c1ccccc1)C(C)C. The Morgan fingerprint density at radius 3 is 2.24 bits per heavy atom. The van der Waals surface area contributed by atoms with Gasteiger partial charge in [0.15, 0.2) is 0 Å². The molecule has 1 rings (SSSR count). The maximum Gasteiger partial charge on any atom is 0.295 e. The van der Waals surface area contributed by atoms with E-state index in [-0.39, 0.29) is 6.04 Å². The van der Waals surface area contributed by atoms with E-state index in [2.05, 4.69) is 0 Å². The lowest BCUT2D eigenvalue weighted by molar-refractivity contribution is -0.128. The summed E-state index contributed by atoms with van der Waals surface area (Å²) < 4.78 is 0. The van der Waals surface area contributed by atoms with Crippen LogP contribution in [0.25, 0.3) is 0 Å². The second kappa shape index (κ2) is 6.18. The van der Waals surface area contributed by atoms with Gasteiger partial charge < -0.3 is 4.90 Å². The molecule has 1 amide bonds. The number of carbonyl (C=O) groups is 2. The third kappa shape index (κ3) is 3.41. The van der Waals surface area contributed by atoms with E-state index in [0.29, 0.717) is 12.1 Å². The molecule has 0 saturated heterocycles. The third-order valence-corrected chi connectivity index (χ3v) is 2.58. The van der Waals surface area contributed by atoms with Crippen LogP contribution < -0.4 is 0 Å². The lowest BCUT2D eigenvalue weighted by atomic mass is 10.1. The molecule has 1 aromatic rings. The Morgan fingerprint density at radius 2 is 1.76 bits per heavy atom. The van der Waals surface area contributed by atoms with Gasteiger partial charge in [0.1, 0.15) is 0 Å². The van der Waals surface area contributed by atoms with Crippen molar-refractivity contribution in [1.82, 2.24) is 4.90 Å². The maximum absolute atomic E-state index is 12.1. The maximum atomic E-state index is 12.1. The molecule has 0 atom stereocenters. The Morgan fingerprint density at radius 1 is 1.18 bits per heavy atom. The molecule has 0 N–H and O–H groups in total. The first-order valence-electron chi connectivity index (χ1n) is 5.98. The van der Waals surface area contributed by atoms with Gasteiger partial charge in [-0.15, -0.1) is 0 Å². The van der Waals surface area contributed by atoms with Gasteiger partial charge in [-0.05, 0) is 20.3 Å². The Balaban J connectivity index is 2.85. The number of Topliss-reactive ketones (excluding diaryl/α,β-unsaturated/α-hetero) is 1. The second-order valence-electron chi connectivity index (χ2n) is 4.29. The highest BCUT2D eigenvalue weighted by Crippen LogP contribution is 2.07. The zero-order valence-electron chi connectivity index (χ0n) is 10.6. The largest absolute Gasteiger partial charge is 0.333 e. The molecule has 3 heteroatoms. The van der Waals surface area contributed by atoms with Gasteiger partial charge in [-0.2, -0.15) is 0 Å². The van der Waals surface area contributed by atoms with E-state index in [1.807, 2.05) is 26.8 Å². The molecule has 1 aromatic carbocycles. The average molecular weight is 233 g/mol. The lowest BCUT2D eigenvalue weighted by Crippen LogP contribution is -2.41. The molecule has 0 unspecified atom stereocenters. The number of hydrogen-bond acceptors (Lipinski definition) is 2. The van der Waals surface area contributed by atoms with Gasteiger partial charge in [0.05, 0.1) is 0 Å². The van der Waals surface area contributed by atoms with Crippen LogP contribution in [0.15, 0.2) is 30.3 Å². The molecule has 0 aliphatic carbocycles. The number of hydrogen-bond donors (Lipinski definition) is 0. The Labute approximate surface area is 102 Å². The zero-order valence-corrected chi connectivity index (χ0v) is 10.6. The van der Waals surface area contributed by atoms with Crippen LogP contribution in [-0.2, 0) is 4.79 Å².